The summed E-state index contributed by atoms with van der Waals surface area (Å²) in [5.41, 5.74) is 0.837. The first-order valence-corrected chi connectivity index (χ1v) is 8.56. The quantitative estimate of drug-likeness (QED) is 0.434. The van der Waals surface area contributed by atoms with Gasteiger partial charge in [-0.3, -0.25) is 4.79 Å². The van der Waals surface area contributed by atoms with Crippen molar-refractivity contribution in [3.8, 4) is 23.0 Å². The number of hydrogen-bond acceptors (Lipinski definition) is 7. The minimum atomic E-state index is -1.23. The lowest BCUT2D eigenvalue weighted by Crippen LogP contribution is -2.34. The monoisotopic (exact) mass is 392 g/mol. The highest BCUT2D eigenvalue weighted by molar-refractivity contribution is 5.73. The average molecular weight is 392 g/mol. The van der Waals surface area contributed by atoms with Crippen LogP contribution in [0.4, 0.5) is 0 Å². The number of phenolic OH excluding ortho intramolecular Hbond substituents is 2. The fraction of sp³-hybridized carbons (Fsp3) is 0.350. The van der Waals surface area contributed by atoms with Crippen molar-refractivity contribution in [1.29, 1.82) is 0 Å². The number of ether oxygens (including phenoxy) is 2. The number of aliphatic hydroxyl groups is 2. The summed E-state index contributed by atoms with van der Waals surface area (Å²) in [4.78, 5) is 12.1. The van der Waals surface area contributed by atoms with E-state index in [9.17, 15) is 30.3 Å². The van der Waals surface area contributed by atoms with Crippen molar-refractivity contribution < 1.29 is 39.8 Å². The topological polar surface area (TPSA) is 137 Å². The molecule has 28 heavy (non-hydrogen) atoms. The maximum atomic E-state index is 12.1. The van der Waals surface area contributed by atoms with Crippen LogP contribution in [0.3, 0.4) is 0 Å². The zero-order chi connectivity index (χ0) is 20.8. The summed E-state index contributed by atoms with van der Waals surface area (Å²) >= 11 is 0. The van der Waals surface area contributed by atoms with E-state index in [2.05, 4.69) is 0 Å². The van der Waals surface area contributed by atoms with E-state index in [1.807, 2.05) is 0 Å². The Labute approximate surface area is 162 Å². The fourth-order valence-corrected chi connectivity index (χ4v) is 3.31. The van der Waals surface area contributed by atoms with E-state index < -0.39 is 36.9 Å². The number of carboxylic acid groups (broad SMARTS) is 1. The third kappa shape index (κ3) is 4.29. The Bertz CT molecular complexity index is 762. The van der Waals surface area contributed by atoms with Gasteiger partial charge >= 0.3 is 5.97 Å². The molecule has 0 fully saturated rings. The molecule has 8 heteroatoms. The molecule has 2 aromatic carbocycles. The maximum absolute atomic E-state index is 12.1. The molecule has 8 nitrogen and oxygen atoms in total. The smallest absolute Gasteiger partial charge is 0.307 e. The molecule has 0 saturated heterocycles. The number of hydrogen-bond donors (Lipinski definition) is 5. The van der Waals surface area contributed by atoms with Crippen molar-refractivity contribution in [1.82, 2.24) is 0 Å². The molecular formula is C20H24O8. The number of aromatic hydroxyl groups is 2. The van der Waals surface area contributed by atoms with Gasteiger partial charge in [-0.25, -0.2) is 0 Å². The van der Waals surface area contributed by atoms with Crippen LogP contribution in [0.15, 0.2) is 36.4 Å². The van der Waals surface area contributed by atoms with Crippen molar-refractivity contribution in [2.75, 3.05) is 27.4 Å². The van der Waals surface area contributed by atoms with Crippen molar-refractivity contribution >= 4 is 5.97 Å². The fourth-order valence-electron chi connectivity index (χ4n) is 3.31. The molecule has 0 aromatic heterocycles. The van der Waals surface area contributed by atoms with Crippen LogP contribution in [-0.4, -0.2) is 58.9 Å². The molecule has 0 saturated carbocycles. The molecule has 0 aliphatic carbocycles. The number of aliphatic hydroxyl groups excluding tert-OH is 2. The van der Waals surface area contributed by atoms with Crippen LogP contribution in [0, 0.1) is 11.8 Å². The first kappa shape index (κ1) is 21.3. The van der Waals surface area contributed by atoms with Gasteiger partial charge in [0.1, 0.15) is 0 Å². The normalized spacial score (nSPS) is 12.2. The molecule has 0 amide bonds. The first-order valence-electron chi connectivity index (χ1n) is 8.56. The summed E-state index contributed by atoms with van der Waals surface area (Å²) in [6.45, 7) is -1.09. The van der Waals surface area contributed by atoms with E-state index in [0.29, 0.717) is 11.1 Å². The summed E-state index contributed by atoms with van der Waals surface area (Å²) in [5, 5.41) is 49.4. The van der Waals surface area contributed by atoms with Gasteiger partial charge in [-0.15, -0.1) is 0 Å². The zero-order valence-electron chi connectivity index (χ0n) is 15.6. The summed E-state index contributed by atoms with van der Waals surface area (Å²) in [7, 11) is 2.78. The van der Waals surface area contributed by atoms with Gasteiger partial charge in [0.2, 0.25) is 0 Å². The number of methoxy groups -OCH3 is 2. The van der Waals surface area contributed by atoms with Gasteiger partial charge in [-0.1, -0.05) is 12.1 Å². The van der Waals surface area contributed by atoms with Crippen molar-refractivity contribution in [2.24, 2.45) is 11.8 Å². The number of rotatable bonds is 9. The van der Waals surface area contributed by atoms with Crippen LogP contribution in [-0.2, 0) is 4.79 Å². The lowest BCUT2D eigenvalue weighted by molar-refractivity contribution is -0.145. The molecule has 2 rings (SSSR count). The Morgan fingerprint density at radius 1 is 0.893 bits per heavy atom. The van der Waals surface area contributed by atoms with E-state index in [4.69, 9.17) is 9.47 Å². The molecule has 0 radical (unpaired) electrons. The minimum Gasteiger partial charge on any atom is -0.504 e. The molecule has 1 atom stereocenters. The molecule has 0 spiro atoms. The molecule has 0 bridgehead atoms. The third-order valence-electron chi connectivity index (χ3n) is 4.75. The molecule has 152 valence electrons. The lowest BCUT2D eigenvalue weighted by Gasteiger charge is -2.30. The van der Waals surface area contributed by atoms with E-state index in [0.717, 1.165) is 0 Å². The second-order valence-corrected chi connectivity index (χ2v) is 6.33. The highest BCUT2D eigenvalue weighted by Gasteiger charge is 2.37. The zero-order valence-corrected chi connectivity index (χ0v) is 15.6. The van der Waals surface area contributed by atoms with E-state index in [1.165, 1.54) is 38.5 Å². The largest absolute Gasteiger partial charge is 0.504 e. The van der Waals surface area contributed by atoms with E-state index in [1.54, 1.807) is 12.1 Å². The van der Waals surface area contributed by atoms with Gasteiger partial charge in [0.15, 0.2) is 23.0 Å². The lowest BCUT2D eigenvalue weighted by atomic mass is 9.74. The van der Waals surface area contributed by atoms with Gasteiger partial charge in [-0.2, -0.15) is 0 Å². The molecule has 0 aliphatic heterocycles. The highest BCUT2D eigenvalue weighted by Crippen LogP contribution is 2.42. The maximum Gasteiger partial charge on any atom is 0.307 e. The average Bonchev–Trinajstić information content (AvgIpc) is 2.68. The Hall–Kier alpha value is -2.97. The van der Waals surface area contributed by atoms with Gasteiger partial charge in [0.25, 0.3) is 0 Å². The molecule has 5 N–H and O–H groups in total. The van der Waals surface area contributed by atoms with Crippen LogP contribution < -0.4 is 9.47 Å². The Morgan fingerprint density at radius 3 is 1.61 bits per heavy atom. The summed E-state index contributed by atoms with van der Waals surface area (Å²) < 4.78 is 10.1. The summed E-state index contributed by atoms with van der Waals surface area (Å²) in [6, 6.07) is 8.90. The van der Waals surface area contributed by atoms with Gasteiger partial charge in [0, 0.05) is 25.0 Å². The second-order valence-electron chi connectivity index (χ2n) is 6.33. The van der Waals surface area contributed by atoms with Crippen LogP contribution >= 0.6 is 0 Å². The highest BCUT2D eigenvalue weighted by atomic mass is 16.5. The molecule has 0 heterocycles. The van der Waals surface area contributed by atoms with Gasteiger partial charge in [0.05, 0.1) is 20.1 Å². The van der Waals surface area contributed by atoms with Gasteiger partial charge < -0.3 is 35.0 Å². The Morgan fingerprint density at radius 2 is 1.32 bits per heavy atom. The Balaban J connectivity index is 2.68. The number of phenols is 2. The standard InChI is InChI=1S/C20H24O8/c1-27-16-5-3-11(7-14(16)23)18(19(20(25)26)13(9-21)10-22)12-4-6-17(28-2)15(24)8-12/h3-8,13,18-19,21-24H,9-10H2,1-2H3,(H,25,26). The van der Waals surface area contributed by atoms with Crippen LogP contribution in [0.25, 0.3) is 0 Å². The summed E-state index contributed by atoms with van der Waals surface area (Å²) in [6.07, 6.45) is 0. The molecule has 1 unspecified atom stereocenters. The Kier molecular flexibility index (Phi) is 7.08. The van der Waals surface area contributed by atoms with Crippen molar-refractivity contribution in [3.05, 3.63) is 47.5 Å². The predicted octanol–water partition coefficient (Wildman–Crippen LogP) is 1.55. The van der Waals surface area contributed by atoms with Crippen LogP contribution in [0.2, 0.25) is 0 Å². The van der Waals surface area contributed by atoms with Crippen molar-refractivity contribution in [2.45, 2.75) is 5.92 Å². The van der Waals surface area contributed by atoms with Crippen molar-refractivity contribution in [3.63, 3.8) is 0 Å². The predicted molar refractivity (Wildman–Crippen MR) is 99.9 cm³/mol. The second kappa shape index (κ2) is 9.29. The number of carbonyl (C=O) groups is 1. The summed E-state index contributed by atoms with van der Waals surface area (Å²) in [5.74, 6) is -4.24. The third-order valence-corrected chi connectivity index (χ3v) is 4.75. The van der Waals surface area contributed by atoms with E-state index >= 15 is 0 Å². The minimum absolute atomic E-state index is 0.184. The van der Waals surface area contributed by atoms with Crippen LogP contribution in [0.5, 0.6) is 23.0 Å². The van der Waals surface area contributed by atoms with Crippen LogP contribution in [0.1, 0.15) is 17.0 Å². The number of benzene rings is 2. The van der Waals surface area contributed by atoms with Gasteiger partial charge in [-0.05, 0) is 35.4 Å². The molecule has 0 aliphatic rings. The molecule has 2 aromatic rings. The SMILES string of the molecule is COc1ccc(C(c2ccc(OC)c(O)c2)C(C(=O)O)C(CO)CO)cc1O. The number of carboxylic acids is 1. The number of aliphatic carboxylic acids is 1. The first-order chi connectivity index (χ1) is 13.4. The van der Waals surface area contributed by atoms with E-state index in [-0.39, 0.29) is 23.0 Å². The molecular weight excluding hydrogens is 368 g/mol.